The molecule has 0 bridgehead atoms. The summed E-state index contributed by atoms with van der Waals surface area (Å²) in [7, 11) is 1.51. The molecule has 4 rings (SSSR count). The van der Waals surface area contributed by atoms with Crippen molar-refractivity contribution in [1.29, 1.82) is 0 Å². The summed E-state index contributed by atoms with van der Waals surface area (Å²) >= 11 is 0. The third kappa shape index (κ3) is 9.18. The number of methoxy groups -OCH3 is 1. The Kier molecular flexibility index (Phi) is 12.0. The van der Waals surface area contributed by atoms with Gasteiger partial charge in [-0.2, -0.15) is 0 Å². The van der Waals surface area contributed by atoms with Crippen LogP contribution in [-0.4, -0.2) is 109 Å². The van der Waals surface area contributed by atoms with E-state index in [9.17, 15) is 29.4 Å². The van der Waals surface area contributed by atoms with Crippen LogP contribution in [0.5, 0.6) is 5.75 Å². The number of hydrogen-bond donors (Lipinski definition) is 4. The standard InChI is InChI=1S/C32H45N3O9/c1-32(20-44-32)30(40)25(16-21-6-4-3-5-7-21)34-31(41)24(29(39)22-8-10-23(42-2)11-9-22)17-27(37)26(19-36)33-28(38)18-35-12-14-43-15-13-35/h6,8-11,24-26,29,36,39H,3-5,7,12-20H2,1-2H3,(H,33,38)(H,34,41). The fraction of sp³-hybridized carbons (Fsp3) is 0.625. The second-order valence-electron chi connectivity index (χ2n) is 11.9. The number of aliphatic hydroxyl groups is 2. The third-order valence-corrected chi connectivity index (χ3v) is 8.56. The predicted molar refractivity (Wildman–Crippen MR) is 160 cm³/mol. The minimum atomic E-state index is -1.43. The number of nitrogens with one attached hydrogen (secondary N) is 2. The fourth-order valence-electron chi connectivity index (χ4n) is 5.63. The lowest BCUT2D eigenvalue weighted by molar-refractivity contribution is -0.138. The molecule has 1 aromatic carbocycles. The molecular formula is C32H45N3O9. The smallest absolute Gasteiger partial charge is 0.234 e. The first-order chi connectivity index (χ1) is 21.1. The number of rotatable bonds is 16. The molecule has 242 valence electrons. The molecule has 0 radical (unpaired) electrons. The molecule has 4 N–H and O–H groups in total. The van der Waals surface area contributed by atoms with Gasteiger partial charge >= 0.3 is 0 Å². The summed E-state index contributed by atoms with van der Waals surface area (Å²) in [6.07, 6.45) is 4.32. The zero-order chi connectivity index (χ0) is 31.7. The van der Waals surface area contributed by atoms with Crippen LogP contribution < -0.4 is 15.4 Å². The molecular weight excluding hydrogens is 570 g/mol. The first kappa shape index (κ1) is 33.7. The van der Waals surface area contributed by atoms with Crippen molar-refractivity contribution in [2.24, 2.45) is 5.92 Å². The highest BCUT2D eigenvalue weighted by molar-refractivity contribution is 5.98. The van der Waals surface area contributed by atoms with Crippen LogP contribution >= 0.6 is 0 Å². The number of amides is 2. The number of ketones is 2. The van der Waals surface area contributed by atoms with Crippen LogP contribution in [0.2, 0.25) is 0 Å². The van der Waals surface area contributed by atoms with E-state index in [-0.39, 0.29) is 18.9 Å². The van der Waals surface area contributed by atoms with E-state index in [2.05, 4.69) is 16.7 Å². The van der Waals surface area contributed by atoms with Gasteiger partial charge in [-0.15, -0.1) is 0 Å². The molecule has 1 aliphatic carbocycles. The van der Waals surface area contributed by atoms with E-state index in [1.807, 2.05) is 4.90 Å². The van der Waals surface area contributed by atoms with Crippen LogP contribution in [-0.2, 0) is 28.7 Å². The highest BCUT2D eigenvalue weighted by atomic mass is 16.6. The van der Waals surface area contributed by atoms with Crippen molar-refractivity contribution in [3.05, 3.63) is 41.5 Å². The zero-order valence-corrected chi connectivity index (χ0v) is 25.6. The van der Waals surface area contributed by atoms with Crippen molar-refractivity contribution in [1.82, 2.24) is 15.5 Å². The second-order valence-corrected chi connectivity index (χ2v) is 11.9. The van der Waals surface area contributed by atoms with E-state index in [0.717, 1.165) is 31.3 Å². The summed E-state index contributed by atoms with van der Waals surface area (Å²) < 4.78 is 15.9. The van der Waals surface area contributed by atoms with Gasteiger partial charge in [0.1, 0.15) is 17.4 Å². The lowest BCUT2D eigenvalue weighted by atomic mass is 9.86. The number of carbonyl (C=O) groups excluding carboxylic acids is 4. The van der Waals surface area contributed by atoms with E-state index in [1.54, 1.807) is 31.2 Å². The number of aliphatic hydroxyl groups excluding tert-OH is 2. The van der Waals surface area contributed by atoms with Gasteiger partial charge in [-0.25, -0.2) is 0 Å². The topological polar surface area (TPSA) is 167 Å². The Balaban J connectivity index is 1.52. The molecule has 0 aromatic heterocycles. The van der Waals surface area contributed by atoms with Crippen molar-refractivity contribution in [2.45, 2.75) is 69.2 Å². The zero-order valence-electron chi connectivity index (χ0n) is 25.6. The van der Waals surface area contributed by atoms with Gasteiger partial charge < -0.3 is 35.1 Å². The van der Waals surface area contributed by atoms with Gasteiger partial charge in [0.25, 0.3) is 0 Å². The number of benzene rings is 1. The Morgan fingerprint density at radius 1 is 1.07 bits per heavy atom. The van der Waals surface area contributed by atoms with E-state index in [4.69, 9.17) is 14.2 Å². The van der Waals surface area contributed by atoms with Crippen LogP contribution in [0.15, 0.2) is 35.9 Å². The number of nitrogens with zero attached hydrogens (tertiary/aromatic N) is 1. The van der Waals surface area contributed by atoms with Gasteiger partial charge in [0.2, 0.25) is 11.8 Å². The third-order valence-electron chi connectivity index (χ3n) is 8.56. The molecule has 12 nitrogen and oxygen atoms in total. The van der Waals surface area contributed by atoms with Crippen molar-refractivity contribution in [2.75, 3.05) is 53.2 Å². The number of hydrogen-bond acceptors (Lipinski definition) is 10. The van der Waals surface area contributed by atoms with Gasteiger partial charge in [-0.1, -0.05) is 23.8 Å². The molecule has 12 heteroatoms. The number of carbonyl (C=O) groups is 4. The average Bonchev–Trinajstić information content (AvgIpc) is 3.80. The van der Waals surface area contributed by atoms with E-state index in [0.29, 0.717) is 44.0 Å². The monoisotopic (exact) mass is 615 g/mol. The number of morpholine rings is 1. The predicted octanol–water partition coefficient (Wildman–Crippen LogP) is 0.847. The molecule has 1 aromatic rings. The van der Waals surface area contributed by atoms with E-state index < -0.39 is 60.3 Å². The lowest BCUT2D eigenvalue weighted by Gasteiger charge is -2.28. The van der Waals surface area contributed by atoms with Crippen LogP contribution in [0.25, 0.3) is 0 Å². The number of Topliss-reactive ketones (excluding diaryl/α,β-unsaturated/α-hetero) is 2. The molecule has 2 amide bonds. The molecule has 5 unspecified atom stereocenters. The van der Waals surface area contributed by atoms with Crippen LogP contribution in [0, 0.1) is 5.92 Å². The number of ether oxygens (including phenoxy) is 3. The Labute approximate surface area is 258 Å². The van der Waals surface area contributed by atoms with E-state index >= 15 is 0 Å². The maximum atomic E-state index is 13.9. The first-order valence-corrected chi connectivity index (χ1v) is 15.3. The molecule has 5 atom stereocenters. The molecule has 2 aliphatic heterocycles. The largest absolute Gasteiger partial charge is 0.497 e. The lowest BCUT2D eigenvalue weighted by Crippen LogP contribution is -2.51. The maximum absolute atomic E-state index is 13.9. The quantitative estimate of drug-likeness (QED) is 0.155. The van der Waals surface area contributed by atoms with Gasteiger partial charge in [0.15, 0.2) is 11.6 Å². The van der Waals surface area contributed by atoms with Crippen LogP contribution in [0.4, 0.5) is 0 Å². The molecule has 2 fully saturated rings. The minimum absolute atomic E-state index is 0.0337. The van der Waals surface area contributed by atoms with E-state index in [1.165, 1.54) is 7.11 Å². The molecule has 2 heterocycles. The number of epoxide rings is 1. The summed E-state index contributed by atoms with van der Waals surface area (Å²) in [5.74, 6) is -2.77. The highest BCUT2D eigenvalue weighted by Crippen LogP contribution is 2.32. The van der Waals surface area contributed by atoms with Crippen molar-refractivity contribution < 1.29 is 43.6 Å². The van der Waals surface area contributed by atoms with Crippen molar-refractivity contribution in [3.63, 3.8) is 0 Å². The van der Waals surface area contributed by atoms with Crippen LogP contribution in [0.3, 0.4) is 0 Å². The Morgan fingerprint density at radius 2 is 1.77 bits per heavy atom. The SMILES string of the molecule is COc1ccc(C(O)C(CC(=O)C(CO)NC(=O)CN2CCOCC2)C(=O)NC(CC2=CCCCC2)C(=O)C2(C)CO2)cc1. The normalized spacial score (nSPS) is 23.0. The summed E-state index contributed by atoms with van der Waals surface area (Å²) in [6, 6.07) is 4.27. The van der Waals surface area contributed by atoms with Gasteiger partial charge in [-0.05, 0) is 56.7 Å². The minimum Gasteiger partial charge on any atom is -0.497 e. The summed E-state index contributed by atoms with van der Waals surface area (Å²) in [6.45, 7) is 3.45. The summed E-state index contributed by atoms with van der Waals surface area (Å²) in [5, 5.41) is 26.8. The molecule has 2 saturated heterocycles. The molecule has 44 heavy (non-hydrogen) atoms. The van der Waals surface area contributed by atoms with Gasteiger partial charge in [0.05, 0.1) is 58.1 Å². The molecule has 3 aliphatic rings. The summed E-state index contributed by atoms with van der Waals surface area (Å²) in [5.41, 5.74) is 0.455. The van der Waals surface area contributed by atoms with Crippen molar-refractivity contribution >= 4 is 23.4 Å². The first-order valence-electron chi connectivity index (χ1n) is 15.3. The Morgan fingerprint density at radius 3 is 2.36 bits per heavy atom. The number of allylic oxidation sites excluding steroid dienone is 1. The van der Waals surface area contributed by atoms with Gasteiger partial charge in [0, 0.05) is 19.5 Å². The highest BCUT2D eigenvalue weighted by Gasteiger charge is 2.50. The fourth-order valence-corrected chi connectivity index (χ4v) is 5.63. The van der Waals surface area contributed by atoms with Gasteiger partial charge in [-0.3, -0.25) is 24.1 Å². The Bertz CT molecular complexity index is 1190. The molecule has 0 saturated carbocycles. The maximum Gasteiger partial charge on any atom is 0.234 e. The molecule has 0 spiro atoms. The second kappa shape index (κ2) is 15.7. The Hall–Kier alpha value is -3.16. The van der Waals surface area contributed by atoms with Crippen LogP contribution in [0.1, 0.15) is 57.1 Å². The van der Waals surface area contributed by atoms with Crippen molar-refractivity contribution in [3.8, 4) is 5.75 Å². The average molecular weight is 616 g/mol. The summed E-state index contributed by atoms with van der Waals surface area (Å²) in [4.78, 5) is 55.3.